The van der Waals surface area contributed by atoms with Crippen molar-refractivity contribution < 1.29 is 18.8 Å². The van der Waals surface area contributed by atoms with E-state index < -0.39 is 6.10 Å². The molecule has 2 rings (SSSR count). The maximum absolute atomic E-state index is 11.5. The third-order valence-corrected chi connectivity index (χ3v) is 3.24. The van der Waals surface area contributed by atoms with Gasteiger partial charge in [-0.3, -0.25) is 4.90 Å². The van der Waals surface area contributed by atoms with Gasteiger partial charge in [0.1, 0.15) is 0 Å². The molecule has 1 aliphatic heterocycles. The number of methoxy groups -OCH3 is 1. The number of hydrogen-bond acceptors (Lipinski definition) is 7. The second-order valence-corrected chi connectivity index (χ2v) is 4.83. The maximum Gasteiger partial charge on any atom is 0.336 e. The molecule has 1 aliphatic rings. The predicted molar refractivity (Wildman–Crippen MR) is 69.9 cm³/mol. The molecule has 0 radical (unpaired) electrons. The van der Waals surface area contributed by atoms with Crippen molar-refractivity contribution in [2.45, 2.75) is 38.8 Å². The van der Waals surface area contributed by atoms with E-state index >= 15 is 0 Å². The van der Waals surface area contributed by atoms with Crippen molar-refractivity contribution in [3.8, 4) is 0 Å². The highest BCUT2D eigenvalue weighted by Crippen LogP contribution is 2.11. The standard InChI is InChI=1S/C13H21N3O4/c1-3-4-5-11-14-12(20-15-11)9-16-6-7-19-10(8-16)13(17)18-2/h10H,3-9H2,1-2H3. The lowest BCUT2D eigenvalue weighted by molar-refractivity contribution is -0.160. The van der Waals surface area contributed by atoms with Gasteiger partial charge in [-0.25, -0.2) is 4.79 Å². The number of morpholine rings is 1. The van der Waals surface area contributed by atoms with Gasteiger partial charge in [0, 0.05) is 19.5 Å². The summed E-state index contributed by atoms with van der Waals surface area (Å²) in [4.78, 5) is 17.9. The van der Waals surface area contributed by atoms with Gasteiger partial charge in [-0.1, -0.05) is 18.5 Å². The Morgan fingerprint density at radius 2 is 2.40 bits per heavy atom. The summed E-state index contributed by atoms with van der Waals surface area (Å²) in [6.07, 6.45) is 2.47. The van der Waals surface area contributed by atoms with Crippen molar-refractivity contribution in [2.75, 3.05) is 26.8 Å². The molecular weight excluding hydrogens is 262 g/mol. The highest BCUT2D eigenvalue weighted by atomic mass is 16.6. The van der Waals surface area contributed by atoms with E-state index in [0.717, 1.165) is 31.6 Å². The van der Waals surface area contributed by atoms with Gasteiger partial charge in [0.05, 0.1) is 20.3 Å². The largest absolute Gasteiger partial charge is 0.467 e. The molecule has 0 aliphatic carbocycles. The van der Waals surface area contributed by atoms with Crippen LogP contribution in [0.2, 0.25) is 0 Å². The van der Waals surface area contributed by atoms with Crippen molar-refractivity contribution in [3.63, 3.8) is 0 Å². The number of aromatic nitrogens is 2. The lowest BCUT2D eigenvalue weighted by Gasteiger charge is -2.30. The van der Waals surface area contributed by atoms with Gasteiger partial charge in [-0.15, -0.1) is 0 Å². The maximum atomic E-state index is 11.5. The Bertz CT molecular complexity index is 435. The van der Waals surface area contributed by atoms with Crippen molar-refractivity contribution in [1.29, 1.82) is 0 Å². The molecule has 7 heteroatoms. The molecule has 1 fully saturated rings. The first-order chi connectivity index (χ1) is 9.72. The topological polar surface area (TPSA) is 77.7 Å². The molecule has 20 heavy (non-hydrogen) atoms. The van der Waals surface area contributed by atoms with Crippen LogP contribution >= 0.6 is 0 Å². The highest BCUT2D eigenvalue weighted by Gasteiger charge is 2.28. The molecule has 0 bridgehead atoms. The van der Waals surface area contributed by atoms with E-state index in [4.69, 9.17) is 14.0 Å². The molecule has 112 valence electrons. The van der Waals surface area contributed by atoms with Gasteiger partial charge < -0.3 is 14.0 Å². The summed E-state index contributed by atoms with van der Waals surface area (Å²) in [5, 5.41) is 3.95. The number of carbonyl (C=O) groups excluding carboxylic acids is 1. The van der Waals surface area contributed by atoms with Crippen LogP contribution in [0, 0.1) is 0 Å². The Kier molecular flexibility index (Phi) is 5.49. The third-order valence-electron chi connectivity index (χ3n) is 3.24. The first-order valence-electron chi connectivity index (χ1n) is 6.96. The number of nitrogens with zero attached hydrogens (tertiary/aromatic N) is 3. The summed E-state index contributed by atoms with van der Waals surface area (Å²) >= 11 is 0. The minimum atomic E-state index is -0.531. The number of unbranched alkanes of at least 4 members (excludes halogenated alkanes) is 1. The molecule has 1 saturated heterocycles. The molecule has 1 unspecified atom stereocenters. The van der Waals surface area contributed by atoms with Gasteiger partial charge in [0.25, 0.3) is 0 Å². The van der Waals surface area contributed by atoms with E-state index in [2.05, 4.69) is 22.0 Å². The fourth-order valence-corrected chi connectivity index (χ4v) is 2.10. The average Bonchev–Trinajstić information content (AvgIpc) is 2.92. The van der Waals surface area contributed by atoms with E-state index in [9.17, 15) is 4.79 Å². The second-order valence-electron chi connectivity index (χ2n) is 4.83. The normalized spacial score (nSPS) is 20.0. The van der Waals surface area contributed by atoms with E-state index in [0.29, 0.717) is 25.6 Å². The van der Waals surface area contributed by atoms with Crippen molar-refractivity contribution in [1.82, 2.24) is 15.0 Å². The van der Waals surface area contributed by atoms with Crippen LogP contribution in [-0.4, -0.2) is 53.9 Å². The van der Waals surface area contributed by atoms with Gasteiger partial charge >= 0.3 is 5.97 Å². The van der Waals surface area contributed by atoms with Crippen LogP contribution in [0.25, 0.3) is 0 Å². The van der Waals surface area contributed by atoms with Crippen molar-refractivity contribution in [3.05, 3.63) is 11.7 Å². The van der Waals surface area contributed by atoms with Crippen LogP contribution in [0.1, 0.15) is 31.5 Å². The van der Waals surface area contributed by atoms with E-state index in [1.807, 2.05) is 0 Å². The number of hydrogen-bond donors (Lipinski definition) is 0. The lowest BCUT2D eigenvalue weighted by atomic mass is 10.2. The first-order valence-corrected chi connectivity index (χ1v) is 6.96. The Labute approximate surface area is 118 Å². The second kappa shape index (κ2) is 7.35. The summed E-state index contributed by atoms with van der Waals surface area (Å²) in [7, 11) is 1.36. The van der Waals surface area contributed by atoms with Crippen LogP contribution in [0.15, 0.2) is 4.52 Å². The van der Waals surface area contributed by atoms with E-state index in [1.54, 1.807) is 0 Å². The molecule has 1 atom stereocenters. The molecule has 0 saturated carbocycles. The fraction of sp³-hybridized carbons (Fsp3) is 0.769. The summed E-state index contributed by atoms with van der Waals surface area (Å²) in [6.45, 7) is 4.38. The fourth-order valence-electron chi connectivity index (χ4n) is 2.10. The van der Waals surface area contributed by atoms with Crippen LogP contribution in [0.5, 0.6) is 0 Å². The molecule has 0 amide bonds. The number of carbonyl (C=O) groups is 1. The molecule has 0 N–H and O–H groups in total. The summed E-state index contributed by atoms with van der Waals surface area (Å²) < 4.78 is 15.3. The van der Waals surface area contributed by atoms with Gasteiger partial charge in [0.2, 0.25) is 5.89 Å². The molecular formula is C13H21N3O4. The minimum Gasteiger partial charge on any atom is -0.467 e. The lowest BCUT2D eigenvalue weighted by Crippen LogP contribution is -2.46. The smallest absolute Gasteiger partial charge is 0.336 e. The highest BCUT2D eigenvalue weighted by molar-refractivity contribution is 5.74. The van der Waals surface area contributed by atoms with E-state index in [1.165, 1.54) is 7.11 Å². The molecule has 1 aromatic heterocycles. The first kappa shape index (κ1) is 14.9. The van der Waals surface area contributed by atoms with Crippen LogP contribution < -0.4 is 0 Å². The minimum absolute atomic E-state index is 0.344. The zero-order valence-corrected chi connectivity index (χ0v) is 12.0. The van der Waals surface area contributed by atoms with E-state index in [-0.39, 0.29) is 5.97 Å². The Balaban J connectivity index is 1.86. The van der Waals surface area contributed by atoms with Crippen molar-refractivity contribution >= 4 is 5.97 Å². The number of aryl methyl sites for hydroxylation is 1. The number of rotatable bonds is 6. The van der Waals surface area contributed by atoms with Crippen LogP contribution in [-0.2, 0) is 27.2 Å². The van der Waals surface area contributed by atoms with Crippen LogP contribution in [0.3, 0.4) is 0 Å². The quantitative estimate of drug-likeness (QED) is 0.714. The molecule has 0 spiro atoms. The van der Waals surface area contributed by atoms with Crippen LogP contribution in [0.4, 0.5) is 0 Å². The molecule has 1 aromatic rings. The molecule has 0 aromatic carbocycles. The molecule has 2 heterocycles. The summed E-state index contributed by atoms with van der Waals surface area (Å²) in [5.41, 5.74) is 0. The number of esters is 1. The third kappa shape index (κ3) is 4.01. The summed E-state index contributed by atoms with van der Waals surface area (Å²) in [5.74, 6) is 0.991. The SMILES string of the molecule is CCCCc1noc(CN2CCOC(C(=O)OC)C2)n1. The van der Waals surface area contributed by atoms with Gasteiger partial charge in [0.15, 0.2) is 11.9 Å². The molecule has 7 nitrogen and oxygen atoms in total. The van der Waals surface area contributed by atoms with Gasteiger partial charge in [-0.2, -0.15) is 4.98 Å². The zero-order valence-electron chi connectivity index (χ0n) is 12.0. The average molecular weight is 283 g/mol. The predicted octanol–water partition coefficient (Wildman–Crippen LogP) is 0.786. The Hall–Kier alpha value is -1.47. The van der Waals surface area contributed by atoms with Gasteiger partial charge in [-0.05, 0) is 6.42 Å². The Morgan fingerprint density at radius 1 is 1.55 bits per heavy atom. The van der Waals surface area contributed by atoms with Crippen molar-refractivity contribution in [2.24, 2.45) is 0 Å². The number of ether oxygens (including phenoxy) is 2. The summed E-state index contributed by atoms with van der Waals surface area (Å²) in [6, 6.07) is 0. The Morgan fingerprint density at radius 3 is 3.15 bits per heavy atom. The zero-order chi connectivity index (χ0) is 14.4. The monoisotopic (exact) mass is 283 g/mol.